The normalized spacial score (nSPS) is 16.6. The lowest BCUT2D eigenvalue weighted by Gasteiger charge is -2.32. The molecule has 166 valence electrons. The fourth-order valence-electron chi connectivity index (χ4n) is 3.93. The third-order valence-corrected chi connectivity index (χ3v) is 7.48. The number of halogens is 2. The van der Waals surface area contributed by atoms with Crippen LogP contribution in [0.3, 0.4) is 0 Å². The van der Waals surface area contributed by atoms with Crippen molar-refractivity contribution in [2.75, 3.05) is 18.4 Å². The summed E-state index contributed by atoms with van der Waals surface area (Å²) >= 11 is 14.5. The quantitative estimate of drug-likeness (QED) is 0.361. The van der Waals surface area contributed by atoms with E-state index in [1.54, 1.807) is 0 Å². The summed E-state index contributed by atoms with van der Waals surface area (Å²) in [7, 11) is 0. The van der Waals surface area contributed by atoms with Gasteiger partial charge in [0.25, 0.3) is 0 Å². The van der Waals surface area contributed by atoms with E-state index in [4.69, 9.17) is 23.2 Å². The highest BCUT2D eigenvalue weighted by atomic mass is 35.5. The van der Waals surface area contributed by atoms with Crippen molar-refractivity contribution in [3.8, 4) is 0 Å². The molecule has 0 spiro atoms. The molecule has 1 fully saturated rings. The lowest BCUT2D eigenvalue weighted by Crippen LogP contribution is -2.40. The number of thioether (sulfide) groups is 1. The zero-order valence-corrected chi connectivity index (χ0v) is 20.1. The Hall–Kier alpha value is -1.98. The van der Waals surface area contributed by atoms with E-state index in [9.17, 15) is 4.79 Å². The number of rotatable bonds is 7. The SMILES string of the molecule is O=C(Nc1ccc(CSc2ccccc2)cc1)C1CCCN(Cc2c(Cl)cccc2Cl)C1. The minimum absolute atomic E-state index is 0.0432. The second kappa shape index (κ2) is 11.2. The molecular formula is C26H26Cl2N2OS. The molecule has 6 heteroatoms. The van der Waals surface area contributed by atoms with Crippen LogP contribution in [0, 0.1) is 5.92 Å². The van der Waals surface area contributed by atoms with Crippen LogP contribution >= 0.6 is 35.0 Å². The Balaban J connectivity index is 1.30. The molecule has 0 radical (unpaired) electrons. The van der Waals surface area contributed by atoms with Gasteiger partial charge in [-0.2, -0.15) is 0 Å². The molecule has 1 aliphatic rings. The van der Waals surface area contributed by atoms with Gasteiger partial charge in [-0.15, -0.1) is 11.8 Å². The number of carbonyl (C=O) groups excluding carboxylic acids is 1. The lowest BCUT2D eigenvalue weighted by molar-refractivity contribution is -0.121. The summed E-state index contributed by atoms with van der Waals surface area (Å²) in [6, 6.07) is 24.1. The van der Waals surface area contributed by atoms with Crippen molar-refractivity contribution in [2.24, 2.45) is 5.92 Å². The number of amides is 1. The van der Waals surface area contributed by atoms with Crippen LogP contribution < -0.4 is 5.32 Å². The summed E-state index contributed by atoms with van der Waals surface area (Å²) in [6.45, 7) is 2.31. The predicted molar refractivity (Wildman–Crippen MR) is 136 cm³/mol. The molecular weight excluding hydrogens is 459 g/mol. The molecule has 1 saturated heterocycles. The summed E-state index contributed by atoms with van der Waals surface area (Å²) in [4.78, 5) is 16.4. The van der Waals surface area contributed by atoms with Crippen LogP contribution in [0.5, 0.6) is 0 Å². The first kappa shape index (κ1) is 23.2. The zero-order valence-electron chi connectivity index (χ0n) is 17.8. The van der Waals surface area contributed by atoms with E-state index in [0.717, 1.165) is 36.4 Å². The molecule has 0 saturated carbocycles. The maximum absolute atomic E-state index is 12.9. The summed E-state index contributed by atoms with van der Waals surface area (Å²) in [5.74, 6) is 0.935. The van der Waals surface area contributed by atoms with Crippen molar-refractivity contribution < 1.29 is 4.79 Å². The van der Waals surface area contributed by atoms with Gasteiger partial charge in [-0.25, -0.2) is 0 Å². The van der Waals surface area contributed by atoms with Crippen LogP contribution in [-0.4, -0.2) is 23.9 Å². The van der Waals surface area contributed by atoms with Crippen molar-refractivity contribution in [3.05, 3.63) is 94.0 Å². The highest BCUT2D eigenvalue weighted by Crippen LogP contribution is 2.28. The number of likely N-dealkylation sites (tertiary alicyclic amines) is 1. The largest absolute Gasteiger partial charge is 0.326 e. The third-order valence-electron chi connectivity index (χ3n) is 5.69. The standard InChI is InChI=1S/C26H26Cl2N2OS/c27-24-9-4-10-25(28)23(24)17-30-15-5-6-20(16-30)26(31)29-21-13-11-19(12-14-21)18-32-22-7-2-1-3-8-22/h1-4,7-14,20H,5-6,15-18H2,(H,29,31). The van der Waals surface area contributed by atoms with E-state index >= 15 is 0 Å². The topological polar surface area (TPSA) is 32.3 Å². The average molecular weight is 485 g/mol. The van der Waals surface area contributed by atoms with E-state index in [1.165, 1.54) is 10.5 Å². The Labute approximate surface area is 204 Å². The van der Waals surface area contributed by atoms with Gasteiger partial charge in [0, 0.05) is 45.0 Å². The van der Waals surface area contributed by atoms with Crippen molar-refractivity contribution >= 4 is 46.6 Å². The molecule has 1 amide bonds. The van der Waals surface area contributed by atoms with Gasteiger partial charge >= 0.3 is 0 Å². The summed E-state index contributed by atoms with van der Waals surface area (Å²) in [5.41, 5.74) is 3.01. The maximum Gasteiger partial charge on any atom is 0.228 e. The molecule has 3 aromatic carbocycles. The Morgan fingerprint density at radius 1 is 0.969 bits per heavy atom. The van der Waals surface area contributed by atoms with Gasteiger partial charge in [-0.3, -0.25) is 9.69 Å². The average Bonchev–Trinajstić information content (AvgIpc) is 2.82. The number of nitrogens with zero attached hydrogens (tertiary/aromatic N) is 1. The van der Waals surface area contributed by atoms with E-state index in [1.807, 2.05) is 48.2 Å². The highest BCUT2D eigenvalue weighted by molar-refractivity contribution is 7.98. The molecule has 0 bridgehead atoms. The number of nitrogens with one attached hydrogen (secondary N) is 1. The second-order valence-corrected chi connectivity index (χ2v) is 9.93. The number of hydrogen-bond donors (Lipinski definition) is 1. The second-order valence-electron chi connectivity index (χ2n) is 8.06. The van der Waals surface area contributed by atoms with Crippen molar-refractivity contribution in [1.29, 1.82) is 0 Å². The molecule has 0 aliphatic carbocycles. The van der Waals surface area contributed by atoms with Crippen molar-refractivity contribution in [1.82, 2.24) is 4.90 Å². The molecule has 1 heterocycles. The predicted octanol–water partition coefficient (Wildman–Crippen LogP) is 7.14. The van der Waals surface area contributed by atoms with Gasteiger partial charge in [-0.05, 0) is 61.3 Å². The lowest BCUT2D eigenvalue weighted by atomic mass is 9.96. The molecule has 3 nitrogen and oxygen atoms in total. The van der Waals surface area contributed by atoms with Gasteiger partial charge in [0.2, 0.25) is 5.91 Å². The first-order valence-electron chi connectivity index (χ1n) is 10.8. The summed E-state index contributed by atoms with van der Waals surface area (Å²) < 4.78 is 0. The number of benzene rings is 3. The number of piperidine rings is 1. The van der Waals surface area contributed by atoms with Gasteiger partial charge in [-0.1, -0.05) is 59.6 Å². The van der Waals surface area contributed by atoms with E-state index in [-0.39, 0.29) is 11.8 Å². The number of hydrogen-bond acceptors (Lipinski definition) is 3. The van der Waals surface area contributed by atoms with Gasteiger partial charge in [0.1, 0.15) is 0 Å². The number of carbonyl (C=O) groups is 1. The number of anilines is 1. The molecule has 0 aromatic heterocycles. The molecule has 1 unspecified atom stereocenters. The van der Waals surface area contributed by atoms with Crippen LogP contribution in [0.15, 0.2) is 77.7 Å². The van der Waals surface area contributed by atoms with Crippen LogP contribution in [-0.2, 0) is 17.1 Å². The minimum atomic E-state index is -0.0432. The van der Waals surface area contributed by atoms with Crippen LogP contribution in [0.2, 0.25) is 10.0 Å². The van der Waals surface area contributed by atoms with Crippen LogP contribution in [0.1, 0.15) is 24.0 Å². The van der Waals surface area contributed by atoms with Gasteiger partial charge < -0.3 is 5.32 Å². The minimum Gasteiger partial charge on any atom is -0.326 e. The summed E-state index contributed by atoms with van der Waals surface area (Å²) in [5, 5.41) is 4.45. The van der Waals surface area contributed by atoms with Gasteiger partial charge in [0.05, 0.1) is 5.92 Å². The fraction of sp³-hybridized carbons (Fsp3) is 0.269. The Kier molecular flexibility index (Phi) is 8.15. The Morgan fingerprint density at radius 2 is 1.69 bits per heavy atom. The molecule has 1 atom stereocenters. The smallest absolute Gasteiger partial charge is 0.228 e. The first-order chi connectivity index (χ1) is 15.6. The van der Waals surface area contributed by atoms with Crippen LogP contribution in [0.4, 0.5) is 5.69 Å². The van der Waals surface area contributed by atoms with E-state index in [2.05, 4.69) is 46.6 Å². The molecule has 1 N–H and O–H groups in total. The van der Waals surface area contributed by atoms with Gasteiger partial charge in [0.15, 0.2) is 0 Å². The summed E-state index contributed by atoms with van der Waals surface area (Å²) in [6.07, 6.45) is 1.88. The van der Waals surface area contributed by atoms with Crippen molar-refractivity contribution in [3.63, 3.8) is 0 Å². The van der Waals surface area contributed by atoms with E-state index in [0.29, 0.717) is 23.1 Å². The molecule has 3 aromatic rings. The molecule has 32 heavy (non-hydrogen) atoms. The van der Waals surface area contributed by atoms with Crippen molar-refractivity contribution in [2.45, 2.75) is 30.0 Å². The van der Waals surface area contributed by atoms with Crippen LogP contribution in [0.25, 0.3) is 0 Å². The Bertz CT molecular complexity index is 1020. The Morgan fingerprint density at radius 3 is 2.41 bits per heavy atom. The fourth-order valence-corrected chi connectivity index (χ4v) is 5.32. The zero-order chi connectivity index (χ0) is 22.3. The maximum atomic E-state index is 12.9. The first-order valence-corrected chi connectivity index (χ1v) is 12.6. The highest BCUT2D eigenvalue weighted by Gasteiger charge is 2.26. The van der Waals surface area contributed by atoms with E-state index < -0.39 is 0 Å². The monoisotopic (exact) mass is 484 g/mol. The third kappa shape index (κ3) is 6.29. The molecule has 1 aliphatic heterocycles. The molecule has 4 rings (SSSR count).